The number of phenolic OH excluding ortho intramolecular Hbond substituents is 1. The van der Waals surface area contributed by atoms with Crippen LogP contribution >= 0.6 is 0 Å². The molecule has 0 spiro atoms. The number of rotatable bonds is 9. The second-order valence-electron chi connectivity index (χ2n) is 9.81. The second-order valence-corrected chi connectivity index (χ2v) is 11.3. The van der Waals surface area contributed by atoms with Gasteiger partial charge in [-0.2, -0.15) is 8.42 Å². The van der Waals surface area contributed by atoms with Gasteiger partial charge in [0.15, 0.2) is 0 Å². The van der Waals surface area contributed by atoms with Crippen LogP contribution in [0, 0.1) is 11.7 Å². The first kappa shape index (κ1) is 27.2. The minimum absolute atomic E-state index is 0.0985. The number of ether oxygens (including phenoxy) is 3. The summed E-state index contributed by atoms with van der Waals surface area (Å²) >= 11 is 0. The fraction of sp³-hybridized carbons (Fsp3) is 0.357. The third-order valence-corrected chi connectivity index (χ3v) is 8.22. The molecule has 3 aromatic rings. The lowest BCUT2D eigenvalue weighted by atomic mass is 9.75. The SMILES string of the molecule is COc1cc(F)ccc1C1C(c2ccc(OCCN3CC(CF)C3)cc2)c2ccc(O)cc2OC1S(=O)(=O)O. The molecule has 39 heavy (non-hydrogen) atoms. The number of fused-ring (bicyclic) bond motifs is 1. The van der Waals surface area contributed by atoms with Crippen molar-refractivity contribution in [1.29, 1.82) is 0 Å². The summed E-state index contributed by atoms with van der Waals surface area (Å²) in [5.41, 5.74) is -0.197. The molecule has 3 atom stereocenters. The molecule has 2 aliphatic rings. The van der Waals surface area contributed by atoms with Crippen LogP contribution in [0.5, 0.6) is 23.0 Å². The Morgan fingerprint density at radius 1 is 1.05 bits per heavy atom. The maximum absolute atomic E-state index is 14.1. The van der Waals surface area contributed by atoms with Gasteiger partial charge in [0.05, 0.1) is 19.7 Å². The number of phenols is 1. The summed E-state index contributed by atoms with van der Waals surface area (Å²) in [5, 5.41) is 10.0. The molecule has 0 bridgehead atoms. The Morgan fingerprint density at radius 3 is 2.44 bits per heavy atom. The molecule has 0 saturated carbocycles. The summed E-state index contributed by atoms with van der Waals surface area (Å²) in [6.07, 6.45) is 0. The molecule has 11 heteroatoms. The zero-order valence-electron chi connectivity index (χ0n) is 21.2. The topological polar surface area (TPSA) is 106 Å². The predicted octanol–water partition coefficient (Wildman–Crippen LogP) is 4.34. The van der Waals surface area contributed by atoms with E-state index in [1.54, 1.807) is 30.3 Å². The Balaban J connectivity index is 1.51. The van der Waals surface area contributed by atoms with Crippen molar-refractivity contribution in [1.82, 2.24) is 4.90 Å². The standard InChI is InChI=1S/C28H29F2NO7S/c1-36-24-12-19(30)4-8-22(24)27-26(23-9-5-20(32)13-25(23)38-28(27)39(33,34)35)18-2-6-21(7-3-18)37-11-10-31-15-17(14-29)16-31/h2-9,12-13,17,26-28,32H,10-11,14-16H2,1H3,(H,33,34,35). The molecule has 3 unspecified atom stereocenters. The molecule has 1 fully saturated rings. The first-order valence-electron chi connectivity index (χ1n) is 12.5. The number of likely N-dealkylation sites (tertiary alicyclic amines) is 1. The lowest BCUT2D eigenvalue weighted by Gasteiger charge is -2.39. The molecule has 5 rings (SSSR count). The van der Waals surface area contributed by atoms with Crippen molar-refractivity contribution < 1.29 is 41.1 Å². The Bertz CT molecular complexity index is 1430. The van der Waals surface area contributed by atoms with Crippen LogP contribution < -0.4 is 14.2 Å². The first-order valence-corrected chi connectivity index (χ1v) is 14.0. The van der Waals surface area contributed by atoms with Gasteiger partial charge in [0.25, 0.3) is 0 Å². The van der Waals surface area contributed by atoms with Crippen molar-refractivity contribution in [3.8, 4) is 23.0 Å². The molecule has 1 saturated heterocycles. The highest BCUT2D eigenvalue weighted by molar-refractivity contribution is 7.86. The van der Waals surface area contributed by atoms with Gasteiger partial charge < -0.3 is 19.3 Å². The van der Waals surface area contributed by atoms with E-state index in [0.717, 1.165) is 19.2 Å². The van der Waals surface area contributed by atoms with Crippen molar-refractivity contribution in [3.05, 3.63) is 83.2 Å². The van der Waals surface area contributed by atoms with E-state index >= 15 is 0 Å². The highest BCUT2D eigenvalue weighted by atomic mass is 32.2. The average molecular weight is 562 g/mol. The van der Waals surface area contributed by atoms with E-state index in [0.29, 0.717) is 35.6 Å². The smallest absolute Gasteiger partial charge is 0.304 e. The van der Waals surface area contributed by atoms with Gasteiger partial charge in [0, 0.05) is 54.7 Å². The monoisotopic (exact) mass is 561 g/mol. The third kappa shape index (κ3) is 5.66. The van der Waals surface area contributed by atoms with Crippen LogP contribution in [0.4, 0.5) is 8.78 Å². The minimum Gasteiger partial charge on any atom is -0.508 e. The number of methoxy groups -OCH3 is 1. The van der Waals surface area contributed by atoms with Crippen LogP contribution in [-0.4, -0.2) is 68.4 Å². The van der Waals surface area contributed by atoms with Crippen LogP contribution in [0.15, 0.2) is 60.7 Å². The number of nitrogens with zero attached hydrogens (tertiary/aromatic N) is 1. The quantitative estimate of drug-likeness (QED) is 0.372. The summed E-state index contributed by atoms with van der Waals surface area (Å²) in [4.78, 5) is 2.11. The van der Waals surface area contributed by atoms with Crippen LogP contribution in [0.25, 0.3) is 0 Å². The minimum atomic E-state index is -4.79. The zero-order chi connectivity index (χ0) is 27.7. The molecule has 0 aliphatic carbocycles. The van der Waals surface area contributed by atoms with Crippen LogP contribution in [-0.2, 0) is 10.1 Å². The van der Waals surface area contributed by atoms with E-state index in [-0.39, 0.29) is 29.8 Å². The summed E-state index contributed by atoms with van der Waals surface area (Å²) in [7, 11) is -3.45. The van der Waals surface area contributed by atoms with Gasteiger partial charge >= 0.3 is 10.1 Å². The van der Waals surface area contributed by atoms with Gasteiger partial charge in [-0.3, -0.25) is 13.8 Å². The number of halogens is 2. The number of alkyl halides is 1. The number of hydrogen-bond donors (Lipinski definition) is 2. The van der Waals surface area contributed by atoms with E-state index in [4.69, 9.17) is 14.2 Å². The fourth-order valence-corrected chi connectivity index (χ4v) is 6.27. The summed E-state index contributed by atoms with van der Waals surface area (Å²) < 4.78 is 79.1. The van der Waals surface area contributed by atoms with Crippen LogP contribution in [0.2, 0.25) is 0 Å². The molecule has 2 aliphatic heterocycles. The van der Waals surface area contributed by atoms with Gasteiger partial charge in [-0.25, -0.2) is 4.39 Å². The van der Waals surface area contributed by atoms with Crippen molar-refractivity contribution in [2.45, 2.75) is 17.3 Å². The molecule has 208 valence electrons. The predicted molar refractivity (Wildman–Crippen MR) is 139 cm³/mol. The lowest BCUT2D eigenvalue weighted by molar-refractivity contribution is 0.0668. The molecule has 8 nitrogen and oxygen atoms in total. The molecule has 2 heterocycles. The Labute approximate surface area is 225 Å². The Hall–Kier alpha value is -3.41. The average Bonchev–Trinajstić information content (AvgIpc) is 2.88. The largest absolute Gasteiger partial charge is 0.508 e. The van der Waals surface area contributed by atoms with E-state index in [9.17, 15) is 26.9 Å². The summed E-state index contributed by atoms with van der Waals surface area (Å²) in [5.74, 6) is -1.52. The molecular formula is C28H29F2NO7S. The highest BCUT2D eigenvalue weighted by Gasteiger charge is 2.47. The van der Waals surface area contributed by atoms with Crippen LogP contribution in [0.1, 0.15) is 28.5 Å². The first-order chi connectivity index (χ1) is 18.7. The van der Waals surface area contributed by atoms with Gasteiger partial charge in [0.2, 0.25) is 5.44 Å². The van der Waals surface area contributed by atoms with Gasteiger partial charge in [-0.15, -0.1) is 0 Å². The van der Waals surface area contributed by atoms with Gasteiger partial charge in [-0.1, -0.05) is 24.3 Å². The maximum Gasteiger partial charge on any atom is 0.304 e. The fourth-order valence-electron chi connectivity index (χ4n) is 5.37. The van der Waals surface area contributed by atoms with Crippen molar-refractivity contribution in [3.63, 3.8) is 0 Å². The van der Waals surface area contributed by atoms with E-state index < -0.39 is 33.2 Å². The Kier molecular flexibility index (Phi) is 7.66. The maximum atomic E-state index is 14.1. The molecular weight excluding hydrogens is 532 g/mol. The zero-order valence-corrected chi connectivity index (χ0v) is 22.0. The second kappa shape index (κ2) is 11.0. The van der Waals surface area contributed by atoms with Crippen molar-refractivity contribution in [2.24, 2.45) is 5.92 Å². The summed E-state index contributed by atoms with van der Waals surface area (Å²) in [6.45, 7) is 2.24. The number of benzene rings is 3. The van der Waals surface area contributed by atoms with Gasteiger partial charge in [0.1, 0.15) is 35.4 Å². The number of hydrogen-bond acceptors (Lipinski definition) is 7. The Morgan fingerprint density at radius 2 is 1.77 bits per heavy atom. The summed E-state index contributed by atoms with van der Waals surface area (Å²) in [6, 6.07) is 15.2. The number of aromatic hydroxyl groups is 1. The van der Waals surface area contributed by atoms with E-state index in [2.05, 4.69) is 4.90 Å². The van der Waals surface area contributed by atoms with Crippen LogP contribution in [0.3, 0.4) is 0 Å². The van der Waals surface area contributed by atoms with E-state index in [1.165, 1.54) is 31.4 Å². The molecule has 0 aromatic heterocycles. The molecule has 0 amide bonds. The van der Waals surface area contributed by atoms with E-state index in [1.807, 2.05) is 0 Å². The normalized spacial score (nSPS) is 21.5. The lowest BCUT2D eigenvalue weighted by Crippen LogP contribution is -2.49. The molecule has 2 N–H and O–H groups in total. The molecule has 3 aromatic carbocycles. The van der Waals surface area contributed by atoms with Crippen molar-refractivity contribution in [2.75, 3.05) is 40.0 Å². The van der Waals surface area contributed by atoms with Crippen molar-refractivity contribution >= 4 is 10.1 Å². The molecule has 0 radical (unpaired) electrons. The third-order valence-electron chi connectivity index (χ3n) is 7.24. The highest BCUT2D eigenvalue weighted by Crippen LogP contribution is 2.52. The van der Waals surface area contributed by atoms with Gasteiger partial charge in [-0.05, 0) is 29.8 Å².